The van der Waals surface area contributed by atoms with E-state index >= 15 is 0 Å². The monoisotopic (exact) mass is 242 g/mol. The first-order chi connectivity index (χ1) is 5.29. The third-order valence-corrected chi connectivity index (χ3v) is 1.22. The minimum atomic E-state index is -0.344. The van der Waals surface area contributed by atoms with Crippen LogP contribution in [0.3, 0.4) is 0 Å². The molecule has 0 atom stereocenters. The molecular weight excluding hydrogens is 242 g/mol. The van der Waals surface area contributed by atoms with Crippen LogP contribution in [0.2, 0.25) is 0 Å². The maximum absolute atomic E-state index is 4.92. The fourth-order valence-corrected chi connectivity index (χ4v) is 0.734. The van der Waals surface area contributed by atoms with E-state index in [-0.39, 0.29) is 18.3 Å². The van der Waals surface area contributed by atoms with E-state index in [0.29, 0.717) is 0 Å². The molecule has 0 heterocycles. The molecule has 11 heavy (non-hydrogen) atoms. The Morgan fingerprint density at radius 1 is 0.909 bits per heavy atom. The van der Waals surface area contributed by atoms with Gasteiger partial charge in [-0.3, -0.25) is 4.29 Å². The number of halogens is 4. The highest BCUT2D eigenvalue weighted by Gasteiger charge is 2.12. The zero-order chi connectivity index (χ0) is 8.69. The van der Waals surface area contributed by atoms with Crippen LogP contribution in [0.4, 0.5) is 0 Å². The maximum atomic E-state index is 4.92. The van der Waals surface area contributed by atoms with Gasteiger partial charge in [-0.15, -0.1) is 0 Å². The molecule has 0 aromatic carbocycles. The second-order valence-corrected chi connectivity index (χ2v) is 1.88. The zero-order valence-electron chi connectivity index (χ0n) is 4.85. The van der Waals surface area contributed by atoms with Gasteiger partial charge in [-0.1, -0.05) is 0 Å². The number of hydrogen-bond acceptors (Lipinski definition) is 4. The summed E-state index contributed by atoms with van der Waals surface area (Å²) in [5, 5.41) is 0. The predicted octanol–water partition coefficient (Wildman–Crippen LogP) is 2.84. The third kappa shape index (κ3) is 3.98. The second kappa shape index (κ2) is 6.94. The maximum Gasteiger partial charge on any atom is 0.361 e. The molecule has 0 saturated heterocycles. The van der Waals surface area contributed by atoms with Gasteiger partial charge in [-0.25, -0.2) is 0 Å². The minimum Gasteiger partial charge on any atom is -0.380 e. The van der Waals surface area contributed by atoms with E-state index in [1.807, 2.05) is 0 Å². The van der Waals surface area contributed by atoms with Crippen LogP contribution in [0, 0.1) is 0 Å². The lowest BCUT2D eigenvalue weighted by molar-refractivity contribution is 0.201. The number of rotatable bonds is 5. The van der Waals surface area contributed by atoms with Crippen molar-refractivity contribution in [2.45, 2.75) is 0 Å². The Kier molecular flexibility index (Phi) is 7.10. The van der Waals surface area contributed by atoms with Gasteiger partial charge in [-0.05, 0) is 0 Å². The van der Waals surface area contributed by atoms with Crippen molar-refractivity contribution in [2.75, 3.05) is 6.61 Å². The van der Waals surface area contributed by atoms with Gasteiger partial charge in [0.05, 0.1) is 11.9 Å². The average Bonchev–Trinajstić information content (AvgIpc) is 2.05. The smallest absolute Gasteiger partial charge is 0.361 e. The molecule has 0 bridgehead atoms. The minimum absolute atomic E-state index is 0.0910. The highest BCUT2D eigenvalue weighted by molar-refractivity contribution is 6.10. The summed E-state index contributed by atoms with van der Waals surface area (Å²) in [6.07, 6.45) is 0. The molecule has 0 aromatic heterocycles. The van der Waals surface area contributed by atoms with E-state index in [1.165, 1.54) is 0 Å². The summed E-state index contributed by atoms with van der Waals surface area (Å²) in [5.41, 5.74) is 0. The molecule has 0 aromatic rings. The normalized spacial score (nSPS) is 8.73. The Hall–Kier alpha value is 0.260. The Bertz CT molecular complexity index is 131. The standard InChI is InChI=1S/C3H2Cl4O4/c4-8-1-2(9-5)3(10-6)11-7/h1H2. The molecule has 0 aliphatic rings. The van der Waals surface area contributed by atoms with Gasteiger partial charge in [0.25, 0.3) is 0 Å². The molecule has 8 heteroatoms. The van der Waals surface area contributed by atoms with Gasteiger partial charge in [-0.2, -0.15) is 0 Å². The Morgan fingerprint density at radius 3 is 1.73 bits per heavy atom. The van der Waals surface area contributed by atoms with E-state index in [2.05, 4.69) is 17.2 Å². The molecule has 0 unspecified atom stereocenters. The third-order valence-electron chi connectivity index (χ3n) is 0.647. The lowest BCUT2D eigenvalue weighted by Crippen LogP contribution is -1.98. The molecule has 4 nitrogen and oxygen atoms in total. The molecule has 0 radical (unpaired) electrons. The molecule has 0 aliphatic heterocycles. The summed E-state index contributed by atoms with van der Waals surface area (Å²) in [6, 6.07) is 0. The van der Waals surface area contributed by atoms with Crippen LogP contribution >= 0.6 is 47.5 Å². The Balaban J connectivity index is 4.21. The molecule has 66 valence electrons. The van der Waals surface area contributed by atoms with E-state index in [1.54, 1.807) is 0 Å². The van der Waals surface area contributed by atoms with Crippen molar-refractivity contribution >= 4 is 47.5 Å². The SMILES string of the molecule is ClOCC(OCl)=C(OCl)OCl. The van der Waals surface area contributed by atoms with Gasteiger partial charge >= 0.3 is 5.95 Å². The van der Waals surface area contributed by atoms with Gasteiger partial charge in [0.2, 0.25) is 5.76 Å². The van der Waals surface area contributed by atoms with Crippen molar-refractivity contribution in [3.8, 4) is 0 Å². The molecule has 0 saturated carbocycles. The van der Waals surface area contributed by atoms with Crippen LogP contribution in [-0.4, -0.2) is 6.61 Å². The summed E-state index contributed by atoms with van der Waals surface area (Å²) in [7, 11) is 0. The van der Waals surface area contributed by atoms with E-state index in [9.17, 15) is 0 Å². The van der Waals surface area contributed by atoms with Crippen molar-refractivity contribution in [1.82, 2.24) is 0 Å². The van der Waals surface area contributed by atoms with Crippen molar-refractivity contribution < 1.29 is 17.2 Å². The molecule has 0 fully saturated rings. The second-order valence-electron chi connectivity index (χ2n) is 1.20. The largest absolute Gasteiger partial charge is 0.380 e. The fraction of sp³-hybridized carbons (Fsp3) is 0.333. The van der Waals surface area contributed by atoms with Crippen LogP contribution < -0.4 is 0 Å². The van der Waals surface area contributed by atoms with E-state index in [4.69, 9.17) is 47.5 Å². The molecule has 0 aliphatic carbocycles. The first kappa shape index (κ1) is 11.3. The van der Waals surface area contributed by atoms with Crippen LogP contribution in [0.1, 0.15) is 0 Å². The van der Waals surface area contributed by atoms with Crippen LogP contribution in [0.5, 0.6) is 0 Å². The molecular formula is C3H2Cl4O4. The molecule has 0 amide bonds. The average molecular weight is 244 g/mol. The molecule has 0 rings (SSSR count). The van der Waals surface area contributed by atoms with Gasteiger partial charge in [0, 0.05) is 0 Å². The van der Waals surface area contributed by atoms with Gasteiger partial charge < -0.3 is 12.9 Å². The van der Waals surface area contributed by atoms with Crippen molar-refractivity contribution in [1.29, 1.82) is 0 Å². The summed E-state index contributed by atoms with van der Waals surface area (Å²) < 4.78 is 16.4. The highest BCUT2D eigenvalue weighted by Crippen LogP contribution is 2.15. The summed E-state index contributed by atoms with van der Waals surface area (Å²) in [4.78, 5) is 0. The Morgan fingerprint density at radius 2 is 1.45 bits per heavy atom. The summed E-state index contributed by atoms with van der Waals surface area (Å²) in [6.45, 7) is -0.195. The first-order valence-corrected chi connectivity index (χ1v) is 3.36. The van der Waals surface area contributed by atoms with Crippen LogP contribution in [-0.2, 0) is 17.2 Å². The topological polar surface area (TPSA) is 36.9 Å². The van der Waals surface area contributed by atoms with E-state index in [0.717, 1.165) is 0 Å². The van der Waals surface area contributed by atoms with Crippen LogP contribution in [0.25, 0.3) is 0 Å². The highest BCUT2D eigenvalue weighted by atomic mass is 35.5. The lowest BCUT2D eigenvalue weighted by atomic mass is 10.6. The number of hydrogen-bond donors (Lipinski definition) is 0. The van der Waals surface area contributed by atoms with E-state index < -0.39 is 0 Å². The van der Waals surface area contributed by atoms with Crippen molar-refractivity contribution in [2.24, 2.45) is 0 Å². The predicted molar refractivity (Wildman–Crippen MR) is 39.6 cm³/mol. The van der Waals surface area contributed by atoms with Crippen molar-refractivity contribution in [3.05, 3.63) is 11.7 Å². The molecule has 0 N–H and O–H groups in total. The summed E-state index contributed by atoms with van der Waals surface area (Å²) in [5.74, 6) is -0.435. The fourth-order valence-electron chi connectivity index (χ4n) is 0.260. The van der Waals surface area contributed by atoms with Gasteiger partial charge in [0.1, 0.15) is 42.2 Å². The van der Waals surface area contributed by atoms with Crippen molar-refractivity contribution in [3.63, 3.8) is 0 Å². The van der Waals surface area contributed by atoms with Gasteiger partial charge in [0.15, 0.2) is 0 Å². The first-order valence-electron chi connectivity index (χ1n) is 2.12. The summed E-state index contributed by atoms with van der Waals surface area (Å²) >= 11 is 19.5. The lowest BCUT2D eigenvalue weighted by Gasteiger charge is -2.02. The quantitative estimate of drug-likeness (QED) is 0.696. The van der Waals surface area contributed by atoms with Crippen LogP contribution in [0.15, 0.2) is 11.7 Å². The Labute approximate surface area is 83.1 Å². The molecule has 0 spiro atoms. The zero-order valence-corrected chi connectivity index (χ0v) is 7.88.